The molecule has 5 aliphatic heterocycles. The Morgan fingerprint density at radius 2 is 0.971 bits per heavy atom. The fourth-order valence-corrected chi connectivity index (χ4v) is 8.75. The van der Waals surface area contributed by atoms with Crippen LogP contribution in [0.15, 0.2) is 12.1 Å². The Labute approximate surface area is 378 Å². The number of aliphatic hydroxyl groups excluding tert-OH is 2. The molecule has 0 saturated heterocycles. The number of phenolic OH excluding ortho intramolecular Hbond substituents is 12. The van der Waals surface area contributed by atoms with E-state index >= 15 is 4.79 Å². The lowest BCUT2D eigenvalue weighted by molar-refractivity contribution is -0.184. The first-order chi connectivity index (χ1) is 32.3. The van der Waals surface area contributed by atoms with E-state index in [-0.39, 0.29) is 6.07 Å². The maximum Gasteiger partial charge on any atom is 0.339 e. The van der Waals surface area contributed by atoms with E-state index in [4.69, 9.17) is 23.7 Å². The summed E-state index contributed by atoms with van der Waals surface area (Å²) in [6, 6.07) is 0.653. The highest BCUT2D eigenvalue weighted by atomic mass is 16.6. The number of carboxylic acid groups (broad SMARTS) is 2. The predicted octanol–water partition coefficient (Wildman–Crippen LogP) is -0.459. The number of carbonyl (C=O) groups excluding carboxylic acids is 5. The third-order valence-electron chi connectivity index (χ3n) is 11.8. The molecule has 0 fully saturated rings. The zero-order valence-corrected chi connectivity index (χ0v) is 33.7. The molecule has 0 aromatic heterocycles. The van der Waals surface area contributed by atoms with Crippen molar-refractivity contribution in [1.82, 2.24) is 0 Å². The second-order valence-electron chi connectivity index (χ2n) is 15.6. The van der Waals surface area contributed by atoms with Gasteiger partial charge in [0.2, 0.25) is 23.0 Å². The predicted molar refractivity (Wildman–Crippen MR) is 209 cm³/mol. The summed E-state index contributed by atoms with van der Waals surface area (Å²) in [5.74, 6) is -39.2. The van der Waals surface area contributed by atoms with Gasteiger partial charge in [-0.2, -0.15) is 0 Å². The number of aliphatic hydroxyl groups is 2. The van der Waals surface area contributed by atoms with Crippen LogP contribution in [0.25, 0.3) is 22.3 Å². The normalized spacial score (nSPS) is 23.2. The molecular formula is C41H30O28. The fraction of sp³-hybridized carbons (Fsp3) is 0.244. The van der Waals surface area contributed by atoms with Crippen LogP contribution in [0.2, 0.25) is 0 Å². The van der Waals surface area contributed by atoms with Crippen LogP contribution in [-0.2, 0) is 38.1 Å². The molecule has 0 saturated carbocycles. The average molecular weight is 971 g/mol. The van der Waals surface area contributed by atoms with Crippen molar-refractivity contribution in [1.29, 1.82) is 0 Å². The summed E-state index contributed by atoms with van der Waals surface area (Å²) in [5, 5.41) is 176. The third-order valence-corrected chi connectivity index (χ3v) is 11.8. The Morgan fingerprint density at radius 1 is 0.522 bits per heavy atom. The van der Waals surface area contributed by atoms with Gasteiger partial charge >= 0.3 is 41.8 Å². The molecule has 362 valence electrons. The number of hydrogen-bond donors (Lipinski definition) is 16. The number of phenols is 12. The minimum Gasteiger partial charge on any atom is -0.504 e. The van der Waals surface area contributed by atoms with Crippen molar-refractivity contribution >= 4 is 41.8 Å². The Balaban J connectivity index is 1.54. The number of aliphatic carboxylic acids is 2. The number of carbonyl (C=O) groups is 7. The topological polar surface area (TPSA) is 489 Å². The summed E-state index contributed by atoms with van der Waals surface area (Å²) >= 11 is 0. The second kappa shape index (κ2) is 15.9. The number of cyclic esters (lactones) is 1. The quantitative estimate of drug-likeness (QED) is 0.0699. The lowest BCUT2D eigenvalue weighted by Gasteiger charge is -2.40. The van der Waals surface area contributed by atoms with E-state index in [0.29, 0.717) is 6.07 Å². The molecule has 5 heterocycles. The number of carboxylic acids is 2. The van der Waals surface area contributed by atoms with Crippen LogP contribution >= 0.6 is 0 Å². The van der Waals surface area contributed by atoms with Gasteiger partial charge < -0.3 is 105 Å². The van der Waals surface area contributed by atoms with Gasteiger partial charge in [-0.25, -0.2) is 24.0 Å². The fourth-order valence-electron chi connectivity index (χ4n) is 8.75. The summed E-state index contributed by atoms with van der Waals surface area (Å²) in [6.07, 6.45) is -18.9. The molecule has 4 aromatic rings. The molecule has 16 N–H and O–H groups in total. The highest BCUT2D eigenvalue weighted by Gasteiger charge is 2.57. The summed E-state index contributed by atoms with van der Waals surface area (Å²) in [5.41, 5.74) is -13.3. The second-order valence-corrected chi connectivity index (χ2v) is 15.6. The zero-order chi connectivity index (χ0) is 50.7. The van der Waals surface area contributed by atoms with Crippen molar-refractivity contribution in [3.63, 3.8) is 0 Å². The van der Waals surface area contributed by atoms with Crippen LogP contribution in [-0.4, -0.2) is 161 Å². The third kappa shape index (κ3) is 6.71. The van der Waals surface area contributed by atoms with Gasteiger partial charge in [-0.05, 0) is 12.1 Å². The SMILES string of the molecule is O=C(O)C[C@H]1C(=O)O[C@@H]2COC(=O)c3cc(O)c(O)c(O)c3-c3c(cc(O)c(O)c3O)C(=O)O[C@H]2[C@@H]2OC(=O)c3c(c(O)c(O)c(O)c3[C@H]1[C@H](O)C(=O)O)-c1c(O)c(O)c(O)c3c1C(=O)O[C@H]2[C@H]3O. The number of ether oxygens (including phenoxy) is 5. The van der Waals surface area contributed by atoms with Crippen molar-refractivity contribution in [2.24, 2.45) is 5.92 Å². The molecule has 5 aliphatic rings. The van der Waals surface area contributed by atoms with Crippen molar-refractivity contribution in [3.05, 3.63) is 45.5 Å². The smallest absolute Gasteiger partial charge is 0.339 e. The molecule has 28 nitrogen and oxygen atoms in total. The van der Waals surface area contributed by atoms with E-state index in [1.807, 2.05) is 0 Å². The molecule has 28 heteroatoms. The number of rotatable bonds is 4. The number of fused-ring (bicyclic) bond motifs is 5. The van der Waals surface area contributed by atoms with E-state index in [1.165, 1.54) is 0 Å². The van der Waals surface area contributed by atoms with Crippen molar-refractivity contribution in [2.45, 2.75) is 49.0 Å². The molecule has 4 aromatic carbocycles. The van der Waals surface area contributed by atoms with E-state index in [1.54, 1.807) is 0 Å². The molecule has 0 amide bonds. The van der Waals surface area contributed by atoms with Crippen molar-refractivity contribution in [3.8, 4) is 91.2 Å². The van der Waals surface area contributed by atoms with E-state index in [0.717, 1.165) is 0 Å². The first-order valence-electron chi connectivity index (χ1n) is 19.3. The Morgan fingerprint density at radius 3 is 1.48 bits per heavy atom. The summed E-state index contributed by atoms with van der Waals surface area (Å²) in [6.45, 7) is -1.62. The highest BCUT2D eigenvalue weighted by molar-refractivity contribution is 6.12. The molecular weight excluding hydrogens is 940 g/mol. The van der Waals surface area contributed by atoms with Crippen LogP contribution < -0.4 is 0 Å². The molecule has 0 radical (unpaired) electrons. The van der Waals surface area contributed by atoms with Crippen LogP contribution in [0.5, 0.6) is 69.0 Å². The highest BCUT2D eigenvalue weighted by Crippen LogP contribution is 2.60. The molecule has 6 bridgehead atoms. The maximum absolute atomic E-state index is 15.0. The standard InChI is InChI=1S/C41H30O28/c42-8-1-5-12(23(48)21(8)46)13-6(2-9(43)22(47)24(13)49)39(62)67-33-10(4-65-37(5)60)66-38(61)7(3-11(44)45)14(30(55)36(58)59)15-18-16(26(51)31(56)25(15)50)17-19-20(28(53)32(57)27(17)52)29(54)34(68-41(19)64)35(33)69-40(18)63/h1-2,7,10,14,29-30,33-35,42-43,46-57H,3-4H2,(H,44,45)(H,58,59)/t7-,10-,14+,29+,30+,33-,34+,35+/m1/s1. The largest absolute Gasteiger partial charge is 0.504 e. The summed E-state index contributed by atoms with van der Waals surface area (Å²) in [7, 11) is 0. The lowest BCUT2D eigenvalue weighted by atomic mass is 9.74. The molecule has 0 aliphatic carbocycles. The van der Waals surface area contributed by atoms with Gasteiger partial charge in [0.1, 0.15) is 12.7 Å². The number of benzene rings is 4. The number of hydrogen-bond acceptors (Lipinski definition) is 26. The van der Waals surface area contributed by atoms with Crippen LogP contribution in [0.1, 0.15) is 71.0 Å². The van der Waals surface area contributed by atoms with Crippen LogP contribution in [0.3, 0.4) is 0 Å². The van der Waals surface area contributed by atoms with E-state index < -0.39 is 228 Å². The minimum absolute atomic E-state index is 0.288. The van der Waals surface area contributed by atoms with Gasteiger partial charge in [-0.15, -0.1) is 0 Å². The molecule has 0 spiro atoms. The average Bonchev–Trinajstić information content (AvgIpc) is 3.31. The van der Waals surface area contributed by atoms with E-state index in [2.05, 4.69) is 0 Å². The summed E-state index contributed by atoms with van der Waals surface area (Å²) in [4.78, 5) is 97.7. The van der Waals surface area contributed by atoms with Gasteiger partial charge in [0.05, 0.1) is 34.6 Å². The molecule has 0 unspecified atom stereocenters. The van der Waals surface area contributed by atoms with Crippen molar-refractivity contribution in [2.75, 3.05) is 6.61 Å². The maximum atomic E-state index is 15.0. The first kappa shape index (κ1) is 46.2. The van der Waals surface area contributed by atoms with Crippen molar-refractivity contribution < 1.29 is 139 Å². The van der Waals surface area contributed by atoms with Gasteiger partial charge in [-0.1, -0.05) is 0 Å². The first-order valence-corrected chi connectivity index (χ1v) is 19.3. The Bertz CT molecular complexity index is 3040. The van der Waals surface area contributed by atoms with Crippen LogP contribution in [0, 0.1) is 5.92 Å². The monoisotopic (exact) mass is 970 g/mol. The van der Waals surface area contributed by atoms with Gasteiger partial charge in [0.15, 0.2) is 76.5 Å². The molecule has 8 atom stereocenters. The molecule has 69 heavy (non-hydrogen) atoms. The lowest BCUT2D eigenvalue weighted by Crippen LogP contribution is -2.56. The van der Waals surface area contributed by atoms with Crippen LogP contribution in [0.4, 0.5) is 0 Å². The summed E-state index contributed by atoms with van der Waals surface area (Å²) < 4.78 is 27.6. The minimum atomic E-state index is -3.22. The van der Waals surface area contributed by atoms with Gasteiger partial charge in [0.25, 0.3) is 0 Å². The number of esters is 5. The number of aromatic hydroxyl groups is 12. The zero-order valence-electron chi connectivity index (χ0n) is 33.7. The Hall–Kier alpha value is -9.31. The van der Waals surface area contributed by atoms with Gasteiger partial charge in [-0.3, -0.25) is 9.59 Å². The van der Waals surface area contributed by atoms with E-state index in [9.17, 15) is 110 Å². The van der Waals surface area contributed by atoms with Gasteiger partial charge in [0, 0.05) is 39.3 Å². The molecule has 9 rings (SSSR count). The Kier molecular flexibility index (Phi) is 10.7.